The molecule has 1 aromatic heterocycles. The van der Waals surface area contributed by atoms with Crippen LogP contribution in [-0.4, -0.2) is 39.5 Å². The highest BCUT2D eigenvalue weighted by Crippen LogP contribution is 2.16. The number of fused-ring (bicyclic) bond motifs is 1. The molecule has 0 unspecified atom stereocenters. The zero-order valence-electron chi connectivity index (χ0n) is 19.3. The SMILES string of the molecule is O=C(CCCCCn1c(=S)[nH]c2ccccc2c1=O)NC1CCN(Cc2ccc(Cl)cc2)CC1. The van der Waals surface area contributed by atoms with Crippen molar-refractivity contribution in [3.63, 3.8) is 0 Å². The predicted molar refractivity (Wildman–Crippen MR) is 140 cm³/mol. The predicted octanol–water partition coefficient (Wildman–Crippen LogP) is 5.05. The third kappa shape index (κ3) is 6.56. The highest BCUT2D eigenvalue weighted by molar-refractivity contribution is 7.71. The summed E-state index contributed by atoms with van der Waals surface area (Å²) in [5.74, 6) is 0.122. The van der Waals surface area contributed by atoms with Crippen LogP contribution in [0.3, 0.4) is 0 Å². The number of aromatic amines is 1. The summed E-state index contributed by atoms with van der Waals surface area (Å²) in [5, 5.41) is 4.61. The molecular weight excluding hydrogens is 468 g/mol. The van der Waals surface area contributed by atoms with E-state index in [0.29, 0.717) is 23.1 Å². The summed E-state index contributed by atoms with van der Waals surface area (Å²) in [7, 11) is 0. The summed E-state index contributed by atoms with van der Waals surface area (Å²) in [5.41, 5.74) is 1.97. The van der Waals surface area contributed by atoms with E-state index in [-0.39, 0.29) is 17.5 Å². The number of carbonyl (C=O) groups excluding carboxylic acids is 1. The van der Waals surface area contributed by atoms with Crippen molar-refractivity contribution in [3.05, 3.63) is 74.2 Å². The van der Waals surface area contributed by atoms with Gasteiger partial charge >= 0.3 is 0 Å². The fraction of sp³-hybridized carbons (Fsp3) is 0.423. The van der Waals surface area contributed by atoms with E-state index < -0.39 is 0 Å². The van der Waals surface area contributed by atoms with E-state index in [1.54, 1.807) is 4.57 Å². The van der Waals surface area contributed by atoms with Gasteiger partial charge in [0.1, 0.15) is 0 Å². The van der Waals surface area contributed by atoms with Crippen molar-refractivity contribution in [1.82, 2.24) is 19.8 Å². The van der Waals surface area contributed by atoms with Crippen LogP contribution < -0.4 is 10.9 Å². The quantitative estimate of drug-likeness (QED) is 0.320. The van der Waals surface area contributed by atoms with Gasteiger partial charge in [-0.2, -0.15) is 0 Å². The van der Waals surface area contributed by atoms with Crippen LogP contribution in [0.5, 0.6) is 0 Å². The van der Waals surface area contributed by atoms with E-state index in [1.165, 1.54) is 5.56 Å². The second kappa shape index (κ2) is 11.8. The molecule has 8 heteroatoms. The number of carbonyl (C=O) groups is 1. The van der Waals surface area contributed by atoms with E-state index in [9.17, 15) is 9.59 Å². The van der Waals surface area contributed by atoms with Crippen molar-refractivity contribution in [2.24, 2.45) is 0 Å². The van der Waals surface area contributed by atoms with E-state index in [4.69, 9.17) is 23.8 Å². The summed E-state index contributed by atoms with van der Waals surface area (Å²) in [6.07, 6.45) is 4.96. The van der Waals surface area contributed by atoms with Gasteiger partial charge in [0.2, 0.25) is 5.91 Å². The van der Waals surface area contributed by atoms with Crippen LogP contribution in [0, 0.1) is 4.77 Å². The molecular formula is C26H31ClN4O2S. The topological polar surface area (TPSA) is 70.1 Å². The molecule has 0 atom stereocenters. The van der Waals surface area contributed by atoms with Gasteiger partial charge in [-0.25, -0.2) is 0 Å². The monoisotopic (exact) mass is 498 g/mol. The molecule has 1 aliphatic heterocycles. The van der Waals surface area contributed by atoms with Crippen LogP contribution in [-0.2, 0) is 17.9 Å². The number of H-pyrrole nitrogens is 1. The van der Waals surface area contributed by atoms with Crippen molar-refractivity contribution in [1.29, 1.82) is 0 Å². The number of para-hydroxylation sites is 1. The Balaban J connectivity index is 1.14. The van der Waals surface area contributed by atoms with Crippen molar-refractivity contribution in [2.45, 2.75) is 57.7 Å². The molecule has 0 saturated carbocycles. The van der Waals surface area contributed by atoms with Crippen LogP contribution >= 0.6 is 23.8 Å². The zero-order chi connectivity index (χ0) is 23.9. The minimum Gasteiger partial charge on any atom is -0.353 e. The fourth-order valence-electron chi connectivity index (χ4n) is 4.52. The maximum Gasteiger partial charge on any atom is 0.262 e. The Morgan fingerprint density at radius 1 is 1.06 bits per heavy atom. The molecule has 180 valence electrons. The van der Waals surface area contributed by atoms with Crippen molar-refractivity contribution >= 4 is 40.6 Å². The Labute approximate surface area is 209 Å². The second-order valence-corrected chi connectivity index (χ2v) is 9.81. The number of likely N-dealkylation sites (tertiary alicyclic amines) is 1. The Morgan fingerprint density at radius 3 is 2.56 bits per heavy atom. The molecule has 1 saturated heterocycles. The zero-order valence-corrected chi connectivity index (χ0v) is 20.8. The molecule has 3 aromatic rings. The van der Waals surface area contributed by atoms with Gasteiger partial charge in [-0.15, -0.1) is 0 Å². The van der Waals surface area contributed by atoms with E-state index in [0.717, 1.165) is 62.3 Å². The maximum absolute atomic E-state index is 12.7. The van der Waals surface area contributed by atoms with Crippen molar-refractivity contribution in [3.8, 4) is 0 Å². The molecule has 34 heavy (non-hydrogen) atoms. The first-order valence-electron chi connectivity index (χ1n) is 12.0. The molecule has 4 rings (SSSR count). The first kappa shape index (κ1) is 24.6. The lowest BCUT2D eigenvalue weighted by atomic mass is 10.0. The summed E-state index contributed by atoms with van der Waals surface area (Å²) in [6.45, 7) is 3.44. The minimum absolute atomic E-state index is 0.0560. The standard InChI is InChI=1S/C26H31ClN4O2S/c27-20-11-9-19(10-12-20)18-30-16-13-21(14-17-30)28-24(32)8-2-1-5-15-31-25(33)22-6-3-4-7-23(22)29-26(31)34/h3-4,6-7,9-12,21H,1-2,5,8,13-18H2,(H,28,32)(H,29,34). The number of piperidine rings is 1. The molecule has 2 N–H and O–H groups in total. The number of halogens is 1. The van der Waals surface area contributed by atoms with Crippen molar-refractivity contribution < 1.29 is 4.79 Å². The third-order valence-corrected chi connectivity index (χ3v) is 7.02. The van der Waals surface area contributed by atoms with Gasteiger partial charge in [0.25, 0.3) is 5.56 Å². The number of nitrogens with one attached hydrogen (secondary N) is 2. The molecule has 2 heterocycles. The summed E-state index contributed by atoms with van der Waals surface area (Å²) in [4.78, 5) is 30.6. The van der Waals surface area contributed by atoms with Gasteiger partial charge in [-0.05, 0) is 67.7 Å². The number of rotatable bonds is 9. The molecule has 1 aliphatic rings. The largest absolute Gasteiger partial charge is 0.353 e. The number of unbranched alkanes of at least 4 members (excludes halogenated alkanes) is 2. The third-order valence-electron chi connectivity index (χ3n) is 6.45. The van der Waals surface area contributed by atoms with Gasteiger partial charge in [0, 0.05) is 43.7 Å². The van der Waals surface area contributed by atoms with Crippen LogP contribution in [0.1, 0.15) is 44.1 Å². The number of amides is 1. The van der Waals surface area contributed by atoms with Gasteiger partial charge in [0.15, 0.2) is 4.77 Å². The summed E-state index contributed by atoms with van der Waals surface area (Å²) >= 11 is 11.3. The van der Waals surface area contributed by atoms with E-state index in [2.05, 4.69) is 27.3 Å². The second-order valence-electron chi connectivity index (χ2n) is 8.99. The van der Waals surface area contributed by atoms with Gasteiger partial charge < -0.3 is 10.3 Å². The van der Waals surface area contributed by atoms with Gasteiger partial charge in [-0.1, -0.05) is 42.3 Å². The molecule has 0 bridgehead atoms. The van der Waals surface area contributed by atoms with Gasteiger partial charge in [0.05, 0.1) is 10.9 Å². The highest BCUT2D eigenvalue weighted by atomic mass is 35.5. The fourth-order valence-corrected chi connectivity index (χ4v) is 4.93. The number of nitrogens with zero attached hydrogens (tertiary/aromatic N) is 2. The van der Waals surface area contributed by atoms with E-state index >= 15 is 0 Å². The first-order chi connectivity index (χ1) is 16.5. The maximum atomic E-state index is 12.7. The van der Waals surface area contributed by atoms with Crippen LogP contribution in [0.4, 0.5) is 0 Å². The van der Waals surface area contributed by atoms with E-state index in [1.807, 2.05) is 36.4 Å². The first-order valence-corrected chi connectivity index (χ1v) is 12.8. The van der Waals surface area contributed by atoms with Crippen LogP contribution in [0.2, 0.25) is 5.02 Å². The van der Waals surface area contributed by atoms with Crippen LogP contribution in [0.15, 0.2) is 53.3 Å². The number of hydrogen-bond acceptors (Lipinski definition) is 4. The molecule has 1 fully saturated rings. The Kier molecular flexibility index (Phi) is 8.53. The molecule has 0 spiro atoms. The van der Waals surface area contributed by atoms with Gasteiger partial charge in [-0.3, -0.25) is 19.1 Å². The molecule has 1 amide bonds. The lowest BCUT2D eigenvalue weighted by Crippen LogP contribution is -2.44. The molecule has 0 radical (unpaired) electrons. The molecule has 2 aromatic carbocycles. The minimum atomic E-state index is -0.0560. The lowest BCUT2D eigenvalue weighted by molar-refractivity contribution is -0.122. The average molecular weight is 499 g/mol. The number of hydrogen-bond donors (Lipinski definition) is 2. The Bertz CT molecular complexity index is 1230. The average Bonchev–Trinajstić information content (AvgIpc) is 2.83. The van der Waals surface area contributed by atoms with Crippen molar-refractivity contribution in [2.75, 3.05) is 13.1 Å². The smallest absolute Gasteiger partial charge is 0.262 e. The highest BCUT2D eigenvalue weighted by Gasteiger charge is 2.20. The Morgan fingerprint density at radius 2 is 1.79 bits per heavy atom. The Hall–Kier alpha value is -2.48. The number of aromatic nitrogens is 2. The summed E-state index contributed by atoms with van der Waals surface area (Å²) < 4.78 is 2.07. The number of benzene rings is 2. The lowest BCUT2D eigenvalue weighted by Gasteiger charge is -2.32. The normalized spacial score (nSPS) is 15.0. The molecule has 0 aliphatic carbocycles. The molecule has 6 nitrogen and oxygen atoms in total. The van der Waals surface area contributed by atoms with Crippen LogP contribution in [0.25, 0.3) is 10.9 Å². The summed E-state index contributed by atoms with van der Waals surface area (Å²) in [6, 6.07) is 15.7.